The summed E-state index contributed by atoms with van der Waals surface area (Å²) >= 11 is 0. The number of amides is 1. The van der Waals surface area contributed by atoms with Gasteiger partial charge >= 0.3 is 5.69 Å². The van der Waals surface area contributed by atoms with Crippen molar-refractivity contribution < 1.29 is 29.0 Å². The molecule has 2 rings (SSSR count). The van der Waals surface area contributed by atoms with Crippen LogP contribution in [0.2, 0.25) is 0 Å². The number of hydrogen-bond donors (Lipinski definition) is 2. The fraction of sp³-hybridized carbons (Fsp3) is 0.429. The largest absolute Gasteiger partial charge is 0.500 e. The van der Waals surface area contributed by atoms with Crippen LogP contribution in [0.3, 0.4) is 0 Å². The Morgan fingerprint density at radius 1 is 1.54 bits per heavy atom. The fourth-order valence-corrected chi connectivity index (χ4v) is 2.15. The van der Waals surface area contributed by atoms with E-state index in [1.807, 2.05) is 0 Å². The zero-order chi connectivity index (χ0) is 17.7. The zero-order valence-electron chi connectivity index (χ0n) is 13.1. The Hall–Kier alpha value is -2.72. The van der Waals surface area contributed by atoms with Crippen molar-refractivity contribution >= 4 is 17.8 Å². The van der Waals surface area contributed by atoms with Crippen molar-refractivity contribution in [1.82, 2.24) is 5.43 Å². The molecular formula is C14H17N3O7. The lowest BCUT2D eigenvalue weighted by Crippen LogP contribution is -2.33. The second kappa shape index (κ2) is 7.23. The lowest BCUT2D eigenvalue weighted by atomic mass is 10.2. The number of nitro benzene ring substituents is 1. The molecule has 1 aromatic rings. The molecule has 0 aliphatic carbocycles. The maximum absolute atomic E-state index is 11.8. The van der Waals surface area contributed by atoms with E-state index in [9.17, 15) is 20.0 Å². The molecule has 1 aliphatic rings. The topological polar surface area (TPSA) is 133 Å². The summed E-state index contributed by atoms with van der Waals surface area (Å²) in [7, 11) is 1.27. The molecule has 1 aromatic carbocycles. The van der Waals surface area contributed by atoms with Gasteiger partial charge in [-0.1, -0.05) is 0 Å². The van der Waals surface area contributed by atoms with Crippen molar-refractivity contribution in [2.75, 3.05) is 20.3 Å². The summed E-state index contributed by atoms with van der Waals surface area (Å²) in [5, 5.41) is 24.3. The van der Waals surface area contributed by atoms with Gasteiger partial charge in [-0.15, -0.1) is 0 Å². The number of carbonyl (C=O) groups excluding carboxylic acids is 1. The quantitative estimate of drug-likeness (QED) is 0.447. The third-order valence-electron chi connectivity index (χ3n) is 3.28. The third kappa shape index (κ3) is 4.18. The van der Waals surface area contributed by atoms with Gasteiger partial charge in [0, 0.05) is 11.6 Å². The molecule has 0 aromatic heterocycles. The van der Waals surface area contributed by atoms with Crippen LogP contribution in [0.4, 0.5) is 5.69 Å². The average Bonchev–Trinajstić information content (AvgIpc) is 2.94. The number of nitrogens with zero attached hydrogens (tertiary/aromatic N) is 2. The number of carbonyl (C=O) groups is 1. The Bertz CT molecular complexity index is 669. The summed E-state index contributed by atoms with van der Waals surface area (Å²) in [5.74, 6) is -2.06. The molecule has 1 saturated heterocycles. The SMILES string of the molecule is COc1cc(/C=N\NC(=O)CC2(C)OCCO2)cc([N+](=O)[O-])c1O. The van der Waals surface area contributed by atoms with Crippen LogP contribution in [0.15, 0.2) is 17.2 Å². The van der Waals surface area contributed by atoms with Crippen molar-refractivity contribution in [3.63, 3.8) is 0 Å². The maximum atomic E-state index is 11.8. The number of phenolic OH excluding ortho intramolecular Hbond substituents is 1. The summed E-state index contributed by atoms with van der Waals surface area (Å²) in [6, 6.07) is 2.46. The minimum Gasteiger partial charge on any atom is -0.500 e. The summed E-state index contributed by atoms with van der Waals surface area (Å²) in [5.41, 5.74) is 2.03. The predicted octanol–water partition coefficient (Wildman–Crippen LogP) is 0.912. The van der Waals surface area contributed by atoms with Gasteiger partial charge in [-0.2, -0.15) is 5.10 Å². The second-order valence-corrected chi connectivity index (χ2v) is 5.15. The Balaban J connectivity index is 2.04. The van der Waals surface area contributed by atoms with Crippen molar-refractivity contribution in [2.24, 2.45) is 5.10 Å². The number of nitro groups is 1. The minimum atomic E-state index is -0.972. The highest BCUT2D eigenvalue weighted by atomic mass is 16.7. The standard InChI is InChI=1S/C14H17N3O7/c1-14(23-3-4-24-14)7-12(18)16-15-8-9-5-10(17(20)21)13(19)11(6-9)22-2/h5-6,8,19H,3-4,7H2,1-2H3,(H,16,18)/b15-8-. The molecule has 0 spiro atoms. The molecule has 10 heteroatoms. The number of benzene rings is 1. The number of hydrogen-bond acceptors (Lipinski definition) is 8. The van der Waals surface area contributed by atoms with E-state index in [0.29, 0.717) is 13.2 Å². The number of rotatable bonds is 6. The van der Waals surface area contributed by atoms with E-state index in [0.717, 1.165) is 6.07 Å². The van der Waals surface area contributed by atoms with Crippen LogP contribution in [-0.2, 0) is 14.3 Å². The van der Waals surface area contributed by atoms with Crippen molar-refractivity contribution in [3.05, 3.63) is 27.8 Å². The molecular weight excluding hydrogens is 322 g/mol. The van der Waals surface area contributed by atoms with Crippen molar-refractivity contribution in [1.29, 1.82) is 0 Å². The molecule has 10 nitrogen and oxygen atoms in total. The summed E-state index contributed by atoms with van der Waals surface area (Å²) in [6.45, 7) is 2.49. The molecule has 0 radical (unpaired) electrons. The predicted molar refractivity (Wildman–Crippen MR) is 82.0 cm³/mol. The highest BCUT2D eigenvalue weighted by Gasteiger charge is 2.33. The molecule has 0 unspecified atom stereocenters. The minimum absolute atomic E-state index is 0.0383. The number of methoxy groups -OCH3 is 1. The zero-order valence-corrected chi connectivity index (χ0v) is 13.1. The summed E-state index contributed by atoms with van der Waals surface area (Å²) < 4.78 is 15.5. The molecule has 1 aliphatic heterocycles. The second-order valence-electron chi connectivity index (χ2n) is 5.15. The highest BCUT2D eigenvalue weighted by Crippen LogP contribution is 2.36. The molecule has 0 saturated carbocycles. The van der Waals surface area contributed by atoms with E-state index in [-0.39, 0.29) is 17.7 Å². The van der Waals surface area contributed by atoms with Gasteiger partial charge < -0.3 is 19.3 Å². The number of phenols is 1. The van der Waals surface area contributed by atoms with E-state index in [1.165, 1.54) is 19.4 Å². The van der Waals surface area contributed by atoms with E-state index in [1.54, 1.807) is 6.92 Å². The van der Waals surface area contributed by atoms with Gasteiger partial charge in [0.1, 0.15) is 0 Å². The van der Waals surface area contributed by atoms with Crippen LogP contribution >= 0.6 is 0 Å². The van der Waals surface area contributed by atoms with Crippen molar-refractivity contribution in [2.45, 2.75) is 19.1 Å². The Kier molecular flexibility index (Phi) is 5.31. The molecule has 130 valence electrons. The first kappa shape index (κ1) is 17.6. The van der Waals surface area contributed by atoms with Gasteiger partial charge in [0.2, 0.25) is 11.7 Å². The fourth-order valence-electron chi connectivity index (χ4n) is 2.15. The van der Waals surface area contributed by atoms with E-state index >= 15 is 0 Å². The van der Waals surface area contributed by atoms with E-state index < -0.39 is 28.1 Å². The number of hydrazone groups is 1. The summed E-state index contributed by atoms with van der Waals surface area (Å²) in [4.78, 5) is 21.9. The normalized spacial score (nSPS) is 16.2. The molecule has 24 heavy (non-hydrogen) atoms. The molecule has 0 bridgehead atoms. The van der Waals surface area contributed by atoms with Crippen LogP contribution in [0, 0.1) is 10.1 Å². The first-order valence-corrected chi connectivity index (χ1v) is 7.00. The van der Waals surface area contributed by atoms with Gasteiger partial charge in [-0.3, -0.25) is 14.9 Å². The Morgan fingerprint density at radius 3 is 2.79 bits per heavy atom. The number of aromatic hydroxyl groups is 1. The third-order valence-corrected chi connectivity index (χ3v) is 3.28. The van der Waals surface area contributed by atoms with Crippen LogP contribution in [-0.4, -0.2) is 48.3 Å². The first-order valence-electron chi connectivity index (χ1n) is 7.00. The molecule has 2 N–H and O–H groups in total. The first-order chi connectivity index (χ1) is 11.3. The molecule has 1 fully saturated rings. The lowest BCUT2D eigenvalue weighted by Gasteiger charge is -2.20. The smallest absolute Gasteiger partial charge is 0.315 e. The van der Waals surface area contributed by atoms with Gasteiger partial charge in [0.05, 0.1) is 37.9 Å². The summed E-state index contributed by atoms with van der Waals surface area (Å²) in [6.07, 6.45) is 1.16. The Labute approximate surface area is 137 Å². The average molecular weight is 339 g/mol. The number of ether oxygens (including phenoxy) is 3. The van der Waals surface area contributed by atoms with Gasteiger partial charge in [0.15, 0.2) is 11.5 Å². The van der Waals surface area contributed by atoms with E-state index in [2.05, 4.69) is 10.5 Å². The Morgan fingerprint density at radius 2 is 2.21 bits per heavy atom. The van der Waals surface area contributed by atoms with Gasteiger partial charge in [-0.25, -0.2) is 5.43 Å². The molecule has 1 heterocycles. The van der Waals surface area contributed by atoms with Crippen LogP contribution in [0.1, 0.15) is 18.9 Å². The number of nitrogens with one attached hydrogen (secondary N) is 1. The van der Waals surface area contributed by atoms with Crippen molar-refractivity contribution in [3.8, 4) is 11.5 Å². The van der Waals surface area contributed by atoms with Crippen LogP contribution in [0.5, 0.6) is 11.5 Å². The lowest BCUT2D eigenvalue weighted by molar-refractivity contribution is -0.386. The molecule has 1 amide bonds. The maximum Gasteiger partial charge on any atom is 0.315 e. The van der Waals surface area contributed by atoms with Gasteiger partial charge in [-0.05, 0) is 13.0 Å². The van der Waals surface area contributed by atoms with Crippen LogP contribution < -0.4 is 10.2 Å². The highest BCUT2D eigenvalue weighted by molar-refractivity contribution is 5.85. The molecule has 0 atom stereocenters. The monoisotopic (exact) mass is 339 g/mol. The van der Waals surface area contributed by atoms with E-state index in [4.69, 9.17) is 14.2 Å². The van der Waals surface area contributed by atoms with Gasteiger partial charge in [0.25, 0.3) is 0 Å². The van der Waals surface area contributed by atoms with Crippen LogP contribution in [0.25, 0.3) is 0 Å².